The molecule has 2 aromatic rings. The molecule has 0 fully saturated rings. The molecule has 2 rings (SSSR count). The van der Waals surface area contributed by atoms with Gasteiger partial charge < -0.3 is 0 Å². The molecule has 0 amide bonds. The van der Waals surface area contributed by atoms with Crippen LogP contribution in [0.25, 0.3) is 11.3 Å². The number of H-pyrrole nitrogens is 1. The molecular weight excluding hydrogens is 188 g/mol. The van der Waals surface area contributed by atoms with E-state index in [4.69, 9.17) is 11.6 Å². The molecule has 5 heteroatoms. The second-order valence-electron chi connectivity index (χ2n) is 2.86. The van der Waals surface area contributed by atoms with E-state index in [1.54, 1.807) is 17.1 Å². The third-order valence-corrected chi connectivity index (χ3v) is 2.49. The van der Waals surface area contributed by atoms with E-state index in [-0.39, 0.29) is 0 Å². The summed E-state index contributed by atoms with van der Waals surface area (Å²) in [5.41, 5.74) is 2.64. The highest BCUT2D eigenvalue weighted by atomic mass is 35.5. The second kappa shape index (κ2) is 2.88. The quantitative estimate of drug-likeness (QED) is 0.756. The third kappa shape index (κ3) is 1.23. The van der Waals surface area contributed by atoms with Gasteiger partial charge in [-0.1, -0.05) is 11.6 Å². The maximum Gasteiger partial charge on any atom is 0.114 e. The average Bonchev–Trinajstić information content (AvgIpc) is 2.70. The van der Waals surface area contributed by atoms with Crippen LogP contribution in [0.5, 0.6) is 0 Å². The summed E-state index contributed by atoms with van der Waals surface area (Å²) in [6, 6.07) is 0. The molecule has 0 saturated heterocycles. The largest absolute Gasteiger partial charge is 0.285 e. The minimum absolute atomic E-state index is 0.684. The first-order valence-electron chi connectivity index (χ1n) is 3.88. The van der Waals surface area contributed by atoms with Crippen LogP contribution in [0, 0.1) is 6.92 Å². The third-order valence-electron chi connectivity index (χ3n) is 2.03. The minimum Gasteiger partial charge on any atom is -0.285 e. The van der Waals surface area contributed by atoms with Crippen molar-refractivity contribution in [2.75, 3.05) is 0 Å². The number of aryl methyl sites for hydroxylation is 1. The number of hydrogen-bond donors (Lipinski definition) is 1. The van der Waals surface area contributed by atoms with E-state index in [0.29, 0.717) is 5.02 Å². The van der Waals surface area contributed by atoms with Crippen molar-refractivity contribution in [2.24, 2.45) is 7.05 Å². The first-order valence-corrected chi connectivity index (χ1v) is 4.26. The summed E-state index contributed by atoms with van der Waals surface area (Å²) >= 11 is 6.08. The molecule has 0 atom stereocenters. The second-order valence-corrected chi connectivity index (χ2v) is 3.24. The summed E-state index contributed by atoms with van der Waals surface area (Å²) in [5.74, 6) is 0. The van der Waals surface area contributed by atoms with Gasteiger partial charge in [0.15, 0.2) is 0 Å². The zero-order chi connectivity index (χ0) is 9.42. The lowest BCUT2D eigenvalue weighted by Crippen LogP contribution is -1.92. The standard InChI is InChI=1S/C8H9ClN4/c1-5-7(9)8(12-13(5)2)6-3-10-11-4-6/h3-4H,1-2H3,(H,10,11). The Morgan fingerprint density at radius 3 is 2.77 bits per heavy atom. The van der Waals surface area contributed by atoms with Gasteiger partial charge >= 0.3 is 0 Å². The van der Waals surface area contributed by atoms with E-state index in [1.165, 1.54) is 0 Å². The van der Waals surface area contributed by atoms with Gasteiger partial charge in [0.2, 0.25) is 0 Å². The predicted molar refractivity (Wildman–Crippen MR) is 50.5 cm³/mol. The van der Waals surface area contributed by atoms with E-state index in [0.717, 1.165) is 17.0 Å². The summed E-state index contributed by atoms with van der Waals surface area (Å²) in [6.45, 7) is 1.93. The molecular formula is C8H9ClN4. The Labute approximate surface area is 80.5 Å². The summed E-state index contributed by atoms with van der Waals surface area (Å²) in [7, 11) is 1.87. The first-order chi connectivity index (χ1) is 6.20. The van der Waals surface area contributed by atoms with Gasteiger partial charge in [0, 0.05) is 18.8 Å². The molecule has 68 valence electrons. The number of aromatic nitrogens is 4. The molecule has 2 aromatic heterocycles. The van der Waals surface area contributed by atoms with Crippen LogP contribution in [0.15, 0.2) is 12.4 Å². The predicted octanol–water partition coefficient (Wildman–Crippen LogP) is 1.77. The first kappa shape index (κ1) is 8.31. The molecule has 0 aliphatic heterocycles. The van der Waals surface area contributed by atoms with Crippen LogP contribution in [0.4, 0.5) is 0 Å². The van der Waals surface area contributed by atoms with Crippen LogP contribution >= 0.6 is 11.6 Å². The van der Waals surface area contributed by atoms with Crippen molar-refractivity contribution in [3.63, 3.8) is 0 Å². The van der Waals surface area contributed by atoms with Gasteiger partial charge in [0.05, 0.1) is 16.9 Å². The number of halogens is 1. The Kier molecular flexibility index (Phi) is 1.84. The maximum atomic E-state index is 6.08. The number of nitrogens with zero attached hydrogens (tertiary/aromatic N) is 3. The van der Waals surface area contributed by atoms with E-state index in [1.807, 2.05) is 14.0 Å². The van der Waals surface area contributed by atoms with Crippen molar-refractivity contribution in [1.29, 1.82) is 0 Å². The molecule has 0 aliphatic carbocycles. The average molecular weight is 197 g/mol. The molecule has 4 nitrogen and oxygen atoms in total. The Balaban J connectivity index is 2.59. The summed E-state index contributed by atoms with van der Waals surface area (Å²) < 4.78 is 1.75. The lowest BCUT2D eigenvalue weighted by atomic mass is 10.2. The Morgan fingerprint density at radius 1 is 1.54 bits per heavy atom. The lowest BCUT2D eigenvalue weighted by molar-refractivity contribution is 0.743. The van der Waals surface area contributed by atoms with Crippen molar-refractivity contribution >= 4 is 11.6 Å². The molecule has 13 heavy (non-hydrogen) atoms. The molecule has 2 heterocycles. The molecule has 0 bridgehead atoms. The fourth-order valence-corrected chi connectivity index (χ4v) is 1.42. The molecule has 0 aliphatic rings. The van der Waals surface area contributed by atoms with E-state index in [9.17, 15) is 0 Å². The number of hydrogen-bond acceptors (Lipinski definition) is 2. The van der Waals surface area contributed by atoms with Gasteiger partial charge in [-0.25, -0.2) is 0 Å². The normalized spacial score (nSPS) is 10.7. The van der Waals surface area contributed by atoms with Crippen molar-refractivity contribution < 1.29 is 0 Å². The highest BCUT2D eigenvalue weighted by Gasteiger charge is 2.12. The van der Waals surface area contributed by atoms with E-state index in [2.05, 4.69) is 15.3 Å². The number of nitrogens with one attached hydrogen (secondary N) is 1. The van der Waals surface area contributed by atoms with Gasteiger partial charge in [-0.15, -0.1) is 0 Å². The zero-order valence-electron chi connectivity index (χ0n) is 7.37. The van der Waals surface area contributed by atoms with Crippen molar-refractivity contribution in [1.82, 2.24) is 20.0 Å². The highest BCUT2D eigenvalue weighted by Crippen LogP contribution is 2.27. The van der Waals surface area contributed by atoms with Crippen molar-refractivity contribution in [3.8, 4) is 11.3 Å². The van der Waals surface area contributed by atoms with Gasteiger partial charge in [0.1, 0.15) is 5.69 Å². The Bertz CT molecular complexity index is 416. The van der Waals surface area contributed by atoms with E-state index < -0.39 is 0 Å². The minimum atomic E-state index is 0.684. The van der Waals surface area contributed by atoms with Crippen LogP contribution in [0.1, 0.15) is 5.69 Å². The van der Waals surface area contributed by atoms with Crippen LogP contribution < -0.4 is 0 Å². The van der Waals surface area contributed by atoms with Crippen molar-refractivity contribution in [2.45, 2.75) is 6.92 Å². The molecule has 0 aromatic carbocycles. The SMILES string of the molecule is Cc1c(Cl)c(-c2cn[nH]c2)nn1C. The smallest absolute Gasteiger partial charge is 0.114 e. The van der Waals surface area contributed by atoms with Crippen LogP contribution in [-0.4, -0.2) is 20.0 Å². The monoisotopic (exact) mass is 196 g/mol. The van der Waals surface area contributed by atoms with Crippen molar-refractivity contribution in [3.05, 3.63) is 23.1 Å². The molecule has 0 spiro atoms. The molecule has 0 unspecified atom stereocenters. The van der Waals surface area contributed by atoms with Crippen LogP contribution in [0.3, 0.4) is 0 Å². The number of aromatic amines is 1. The summed E-state index contributed by atoms with van der Waals surface area (Å²) in [5, 5.41) is 11.5. The van der Waals surface area contributed by atoms with Crippen LogP contribution in [0.2, 0.25) is 5.02 Å². The molecule has 0 radical (unpaired) electrons. The zero-order valence-corrected chi connectivity index (χ0v) is 8.13. The summed E-state index contributed by atoms with van der Waals surface area (Å²) in [4.78, 5) is 0. The fraction of sp³-hybridized carbons (Fsp3) is 0.250. The summed E-state index contributed by atoms with van der Waals surface area (Å²) in [6.07, 6.45) is 3.47. The van der Waals surface area contributed by atoms with Gasteiger partial charge in [-0.2, -0.15) is 10.2 Å². The lowest BCUT2D eigenvalue weighted by Gasteiger charge is -1.89. The Hall–Kier alpha value is -1.29. The van der Waals surface area contributed by atoms with Crippen LogP contribution in [-0.2, 0) is 7.05 Å². The fourth-order valence-electron chi connectivity index (χ4n) is 1.15. The highest BCUT2D eigenvalue weighted by molar-refractivity contribution is 6.33. The Morgan fingerprint density at radius 2 is 2.31 bits per heavy atom. The number of rotatable bonds is 1. The van der Waals surface area contributed by atoms with Gasteiger partial charge in [-0.05, 0) is 6.92 Å². The molecule has 0 saturated carbocycles. The van der Waals surface area contributed by atoms with Gasteiger partial charge in [0.25, 0.3) is 0 Å². The topological polar surface area (TPSA) is 46.5 Å². The molecule has 1 N–H and O–H groups in total. The maximum absolute atomic E-state index is 6.08. The van der Waals surface area contributed by atoms with E-state index >= 15 is 0 Å². The van der Waals surface area contributed by atoms with Gasteiger partial charge in [-0.3, -0.25) is 9.78 Å².